The molecular formula is C14H18N2O. The lowest BCUT2D eigenvalue weighted by Gasteiger charge is -2.15. The van der Waals surface area contributed by atoms with Gasteiger partial charge in [-0.25, -0.2) is 0 Å². The van der Waals surface area contributed by atoms with Crippen molar-refractivity contribution in [1.82, 2.24) is 4.98 Å². The van der Waals surface area contributed by atoms with Crippen LogP contribution in [0.5, 0.6) is 0 Å². The van der Waals surface area contributed by atoms with Crippen LogP contribution in [0.15, 0.2) is 24.3 Å². The van der Waals surface area contributed by atoms with Gasteiger partial charge in [0.15, 0.2) is 0 Å². The summed E-state index contributed by atoms with van der Waals surface area (Å²) in [5, 5.41) is 13.8. The van der Waals surface area contributed by atoms with E-state index in [-0.39, 0.29) is 6.10 Å². The maximum atomic E-state index is 9.37. The molecule has 1 atom stereocenters. The van der Waals surface area contributed by atoms with Gasteiger partial charge in [0.2, 0.25) is 0 Å². The van der Waals surface area contributed by atoms with Crippen LogP contribution in [-0.2, 0) is 0 Å². The van der Waals surface area contributed by atoms with Gasteiger partial charge in [0, 0.05) is 23.3 Å². The summed E-state index contributed by atoms with van der Waals surface area (Å²) in [7, 11) is 0. The summed E-state index contributed by atoms with van der Waals surface area (Å²) < 4.78 is 0. The topological polar surface area (TPSA) is 45.2 Å². The Morgan fingerprint density at radius 1 is 1.29 bits per heavy atom. The lowest BCUT2D eigenvalue weighted by Crippen LogP contribution is -2.16. The molecule has 0 spiro atoms. The molecule has 0 amide bonds. The Morgan fingerprint density at radius 3 is 2.71 bits per heavy atom. The van der Waals surface area contributed by atoms with E-state index in [2.05, 4.69) is 23.3 Å². The average molecular weight is 230 g/mol. The molecule has 0 bridgehead atoms. The van der Waals surface area contributed by atoms with Crippen molar-refractivity contribution in [3.63, 3.8) is 0 Å². The van der Waals surface area contributed by atoms with Gasteiger partial charge < -0.3 is 10.4 Å². The standard InChI is InChI=1S/C14H18N2O/c1-9(17)8-15-14-10(2)11(3)16-13-7-5-4-6-12(13)14/h4-7,9,17H,8H2,1-3H3,(H,15,16)/t9-/m0/s1. The molecule has 0 fully saturated rings. The van der Waals surface area contributed by atoms with E-state index in [1.807, 2.05) is 25.1 Å². The number of anilines is 1. The number of benzene rings is 1. The summed E-state index contributed by atoms with van der Waals surface area (Å²) >= 11 is 0. The first-order chi connectivity index (χ1) is 8.09. The molecule has 90 valence electrons. The third-order valence-corrected chi connectivity index (χ3v) is 2.95. The highest BCUT2D eigenvalue weighted by atomic mass is 16.3. The molecule has 1 aromatic heterocycles. The summed E-state index contributed by atoms with van der Waals surface area (Å²) in [6.07, 6.45) is -0.360. The SMILES string of the molecule is Cc1nc2ccccc2c(NC[C@H](C)O)c1C. The Balaban J connectivity index is 2.53. The first-order valence-corrected chi connectivity index (χ1v) is 5.87. The van der Waals surface area contributed by atoms with Crippen LogP contribution >= 0.6 is 0 Å². The number of nitrogens with zero attached hydrogens (tertiary/aromatic N) is 1. The smallest absolute Gasteiger partial charge is 0.0726 e. The van der Waals surface area contributed by atoms with Crippen LogP contribution < -0.4 is 5.32 Å². The molecular weight excluding hydrogens is 212 g/mol. The third-order valence-electron chi connectivity index (χ3n) is 2.95. The van der Waals surface area contributed by atoms with Crippen LogP contribution in [0.1, 0.15) is 18.2 Å². The zero-order valence-electron chi connectivity index (χ0n) is 10.5. The van der Waals surface area contributed by atoms with Crippen LogP contribution in [-0.4, -0.2) is 22.7 Å². The van der Waals surface area contributed by atoms with Gasteiger partial charge >= 0.3 is 0 Å². The lowest BCUT2D eigenvalue weighted by molar-refractivity contribution is 0.208. The second-order valence-corrected chi connectivity index (χ2v) is 4.44. The van der Waals surface area contributed by atoms with Gasteiger partial charge in [-0.05, 0) is 32.4 Å². The number of aliphatic hydroxyl groups is 1. The van der Waals surface area contributed by atoms with Crippen molar-refractivity contribution in [2.45, 2.75) is 26.9 Å². The molecule has 0 aliphatic rings. The van der Waals surface area contributed by atoms with Crippen LogP contribution in [0.2, 0.25) is 0 Å². The number of nitrogens with one attached hydrogen (secondary N) is 1. The quantitative estimate of drug-likeness (QED) is 0.852. The number of aryl methyl sites for hydroxylation is 1. The van der Waals surface area contributed by atoms with Crippen LogP contribution in [0, 0.1) is 13.8 Å². The summed E-state index contributed by atoms with van der Waals surface area (Å²) in [6.45, 7) is 6.39. The molecule has 1 heterocycles. The van der Waals surface area contributed by atoms with Gasteiger partial charge in [-0.3, -0.25) is 4.98 Å². The Hall–Kier alpha value is -1.61. The molecule has 0 saturated heterocycles. The largest absolute Gasteiger partial charge is 0.392 e. The van der Waals surface area contributed by atoms with E-state index in [1.54, 1.807) is 6.92 Å². The van der Waals surface area contributed by atoms with Crippen molar-refractivity contribution in [3.8, 4) is 0 Å². The zero-order valence-corrected chi connectivity index (χ0v) is 10.5. The lowest BCUT2D eigenvalue weighted by atomic mass is 10.1. The van der Waals surface area contributed by atoms with Crippen LogP contribution in [0.4, 0.5) is 5.69 Å². The van der Waals surface area contributed by atoms with E-state index in [0.29, 0.717) is 6.54 Å². The van der Waals surface area contributed by atoms with Crippen molar-refractivity contribution in [3.05, 3.63) is 35.5 Å². The predicted octanol–water partition coefficient (Wildman–Crippen LogP) is 2.64. The molecule has 2 rings (SSSR count). The highest BCUT2D eigenvalue weighted by Gasteiger charge is 2.09. The van der Waals surface area contributed by atoms with Crippen molar-refractivity contribution < 1.29 is 5.11 Å². The summed E-state index contributed by atoms with van der Waals surface area (Å²) in [4.78, 5) is 4.56. The number of aromatic nitrogens is 1. The van der Waals surface area contributed by atoms with Gasteiger partial charge in [0.05, 0.1) is 11.6 Å². The molecule has 1 aromatic carbocycles. The number of para-hydroxylation sites is 1. The molecule has 0 aliphatic carbocycles. The predicted molar refractivity (Wildman–Crippen MR) is 71.4 cm³/mol. The van der Waals surface area contributed by atoms with Gasteiger partial charge in [0.25, 0.3) is 0 Å². The molecule has 0 unspecified atom stereocenters. The molecule has 0 aliphatic heterocycles. The fraction of sp³-hybridized carbons (Fsp3) is 0.357. The fourth-order valence-electron chi connectivity index (χ4n) is 1.91. The molecule has 2 N–H and O–H groups in total. The monoisotopic (exact) mass is 230 g/mol. The Morgan fingerprint density at radius 2 is 2.00 bits per heavy atom. The van der Waals surface area contributed by atoms with Crippen molar-refractivity contribution in [2.24, 2.45) is 0 Å². The fourth-order valence-corrected chi connectivity index (χ4v) is 1.91. The Labute approximate surface area is 102 Å². The van der Waals surface area contributed by atoms with Gasteiger partial charge in [0.1, 0.15) is 0 Å². The minimum Gasteiger partial charge on any atom is -0.392 e. The number of rotatable bonds is 3. The number of aliphatic hydroxyl groups excluding tert-OH is 1. The minimum absolute atomic E-state index is 0.360. The zero-order chi connectivity index (χ0) is 12.4. The highest BCUT2D eigenvalue weighted by molar-refractivity contribution is 5.93. The maximum Gasteiger partial charge on any atom is 0.0726 e. The van der Waals surface area contributed by atoms with Gasteiger partial charge in [-0.1, -0.05) is 18.2 Å². The molecule has 17 heavy (non-hydrogen) atoms. The third kappa shape index (κ3) is 2.39. The van der Waals surface area contributed by atoms with E-state index in [0.717, 1.165) is 27.8 Å². The van der Waals surface area contributed by atoms with Gasteiger partial charge in [-0.15, -0.1) is 0 Å². The van der Waals surface area contributed by atoms with E-state index in [4.69, 9.17) is 0 Å². The first kappa shape index (κ1) is 11.9. The van der Waals surface area contributed by atoms with Crippen molar-refractivity contribution >= 4 is 16.6 Å². The second kappa shape index (κ2) is 4.72. The maximum absolute atomic E-state index is 9.37. The summed E-state index contributed by atoms with van der Waals surface area (Å²) in [6, 6.07) is 8.06. The average Bonchev–Trinajstić information content (AvgIpc) is 2.29. The van der Waals surface area contributed by atoms with E-state index < -0.39 is 0 Å². The summed E-state index contributed by atoms with van der Waals surface area (Å²) in [5.74, 6) is 0. The van der Waals surface area contributed by atoms with Gasteiger partial charge in [-0.2, -0.15) is 0 Å². The molecule has 0 saturated carbocycles. The van der Waals surface area contributed by atoms with Crippen LogP contribution in [0.3, 0.4) is 0 Å². The summed E-state index contributed by atoms with van der Waals surface area (Å²) in [5.41, 5.74) is 4.24. The normalized spacial score (nSPS) is 12.7. The Kier molecular flexibility index (Phi) is 3.29. The highest BCUT2D eigenvalue weighted by Crippen LogP contribution is 2.27. The van der Waals surface area contributed by atoms with Crippen LogP contribution in [0.25, 0.3) is 10.9 Å². The van der Waals surface area contributed by atoms with E-state index in [1.165, 1.54) is 0 Å². The number of fused-ring (bicyclic) bond motifs is 1. The molecule has 3 nitrogen and oxygen atoms in total. The first-order valence-electron chi connectivity index (χ1n) is 5.87. The number of hydrogen-bond donors (Lipinski definition) is 2. The second-order valence-electron chi connectivity index (χ2n) is 4.44. The van der Waals surface area contributed by atoms with E-state index in [9.17, 15) is 5.11 Å². The number of pyridine rings is 1. The number of hydrogen-bond acceptors (Lipinski definition) is 3. The van der Waals surface area contributed by atoms with E-state index >= 15 is 0 Å². The molecule has 0 radical (unpaired) electrons. The van der Waals surface area contributed by atoms with Crippen molar-refractivity contribution in [1.29, 1.82) is 0 Å². The molecule has 2 aromatic rings. The molecule has 3 heteroatoms. The van der Waals surface area contributed by atoms with Crippen molar-refractivity contribution in [2.75, 3.05) is 11.9 Å². The Bertz CT molecular complexity index is 535. The minimum atomic E-state index is -0.360.